The molecule has 7 nitrogen and oxygen atoms in total. The fourth-order valence-electron chi connectivity index (χ4n) is 3.54. The molecule has 0 saturated carbocycles. The minimum Gasteiger partial charge on any atom is -0.350 e. The normalized spacial score (nSPS) is 11.0. The summed E-state index contributed by atoms with van der Waals surface area (Å²) in [6.07, 6.45) is 3.66. The maximum Gasteiger partial charge on any atom is 0.271 e. The van der Waals surface area contributed by atoms with Gasteiger partial charge < -0.3 is 5.32 Å². The molecule has 0 unspecified atom stereocenters. The van der Waals surface area contributed by atoms with Gasteiger partial charge in [-0.3, -0.25) is 9.78 Å². The first-order valence-electron chi connectivity index (χ1n) is 10.1. The van der Waals surface area contributed by atoms with E-state index in [0.29, 0.717) is 28.6 Å². The zero-order valence-corrected chi connectivity index (χ0v) is 18.2. The van der Waals surface area contributed by atoms with Gasteiger partial charge in [0.15, 0.2) is 5.65 Å². The van der Waals surface area contributed by atoms with E-state index >= 15 is 0 Å². The fourth-order valence-corrected chi connectivity index (χ4v) is 4.08. The summed E-state index contributed by atoms with van der Waals surface area (Å²) in [7, 11) is 0. The smallest absolute Gasteiger partial charge is 0.271 e. The van der Waals surface area contributed by atoms with Gasteiger partial charge >= 0.3 is 0 Å². The summed E-state index contributed by atoms with van der Waals surface area (Å²) in [5, 5.41) is 9.14. The van der Waals surface area contributed by atoms with Gasteiger partial charge in [-0.05, 0) is 42.7 Å². The maximum atomic E-state index is 13.8. The van der Waals surface area contributed by atoms with Gasteiger partial charge in [-0.2, -0.15) is 10.1 Å². The molecule has 8 heteroatoms. The number of nitrogens with one attached hydrogen (secondary N) is 1. The number of anilines is 1. The van der Waals surface area contributed by atoms with Gasteiger partial charge in [0.25, 0.3) is 5.56 Å². The van der Waals surface area contributed by atoms with Crippen molar-refractivity contribution in [2.24, 2.45) is 0 Å². The molecule has 0 fully saturated rings. The van der Waals surface area contributed by atoms with Crippen LogP contribution < -0.4 is 10.9 Å². The number of hydrogen-bond acceptors (Lipinski definition) is 6. The number of aromatic nitrogens is 5. The minimum atomic E-state index is -0.170. The topological polar surface area (TPSA) is 77.6 Å². The Morgan fingerprint density at radius 2 is 1.59 bits per heavy atom. The van der Waals surface area contributed by atoms with Gasteiger partial charge in [0.05, 0.1) is 23.6 Å². The van der Waals surface area contributed by atoms with Gasteiger partial charge in [0, 0.05) is 6.20 Å². The van der Waals surface area contributed by atoms with Gasteiger partial charge in [0.1, 0.15) is 10.4 Å². The molecule has 0 radical (unpaired) electrons. The van der Waals surface area contributed by atoms with Crippen LogP contribution in [-0.2, 0) is 6.54 Å². The number of para-hydroxylation sites is 2. The quantitative estimate of drug-likeness (QED) is 0.397. The number of pyridine rings is 1. The van der Waals surface area contributed by atoms with E-state index < -0.39 is 0 Å². The third-order valence-corrected chi connectivity index (χ3v) is 5.70. The standard InChI is InChI=1S/C24H20N6OS/c1-32-22-20-21(30(28-22)19-13-6-3-7-14-19)27-24(26-16-17-10-8-9-15-25-17)29(23(20)31)18-11-4-2-5-12-18/h2-15H,16H2,1H3,(H,26,27). The maximum absolute atomic E-state index is 13.8. The van der Waals surface area contributed by atoms with Crippen LogP contribution >= 0.6 is 11.8 Å². The van der Waals surface area contributed by atoms with Crippen LogP contribution in [0.25, 0.3) is 22.4 Å². The first-order valence-corrected chi connectivity index (χ1v) is 11.3. The summed E-state index contributed by atoms with van der Waals surface area (Å²) >= 11 is 1.43. The summed E-state index contributed by atoms with van der Waals surface area (Å²) in [5.41, 5.74) is 2.77. The van der Waals surface area contributed by atoms with E-state index in [4.69, 9.17) is 10.1 Å². The summed E-state index contributed by atoms with van der Waals surface area (Å²) in [5.74, 6) is 0.434. The predicted octanol–water partition coefficient (Wildman–Crippen LogP) is 4.30. The van der Waals surface area contributed by atoms with Crippen LogP contribution in [0.3, 0.4) is 0 Å². The first-order chi connectivity index (χ1) is 15.8. The van der Waals surface area contributed by atoms with E-state index in [0.717, 1.165) is 17.1 Å². The van der Waals surface area contributed by atoms with E-state index in [-0.39, 0.29) is 5.56 Å². The average molecular weight is 441 g/mol. The lowest BCUT2D eigenvalue weighted by atomic mass is 10.3. The highest BCUT2D eigenvalue weighted by atomic mass is 32.2. The summed E-state index contributed by atoms with van der Waals surface area (Å²) in [6.45, 7) is 0.431. The summed E-state index contributed by atoms with van der Waals surface area (Å²) in [4.78, 5) is 23.0. The second kappa shape index (κ2) is 8.68. The van der Waals surface area contributed by atoms with Crippen molar-refractivity contribution in [3.63, 3.8) is 0 Å². The molecule has 0 spiro atoms. The molecule has 158 valence electrons. The molecule has 2 aromatic carbocycles. The second-order valence-electron chi connectivity index (χ2n) is 7.04. The third-order valence-electron chi connectivity index (χ3n) is 5.03. The van der Waals surface area contributed by atoms with Crippen LogP contribution in [0, 0.1) is 0 Å². The van der Waals surface area contributed by atoms with Crippen LogP contribution in [0.5, 0.6) is 0 Å². The number of rotatable bonds is 6. The molecule has 0 aliphatic carbocycles. The van der Waals surface area contributed by atoms with Crippen molar-refractivity contribution in [1.82, 2.24) is 24.3 Å². The van der Waals surface area contributed by atoms with Crippen molar-refractivity contribution >= 4 is 28.7 Å². The van der Waals surface area contributed by atoms with E-state index in [9.17, 15) is 4.79 Å². The fraction of sp³-hybridized carbons (Fsp3) is 0.0833. The van der Waals surface area contributed by atoms with Crippen molar-refractivity contribution in [3.8, 4) is 11.4 Å². The second-order valence-corrected chi connectivity index (χ2v) is 7.84. The lowest BCUT2D eigenvalue weighted by Gasteiger charge is -2.14. The number of nitrogens with zero attached hydrogens (tertiary/aromatic N) is 5. The summed E-state index contributed by atoms with van der Waals surface area (Å²) in [6, 6.07) is 24.9. The molecule has 0 aliphatic rings. The molecule has 5 aromatic rings. The zero-order chi connectivity index (χ0) is 21.9. The van der Waals surface area contributed by atoms with Crippen LogP contribution in [0.1, 0.15) is 5.69 Å². The Morgan fingerprint density at radius 1 is 0.906 bits per heavy atom. The zero-order valence-electron chi connectivity index (χ0n) is 17.3. The van der Waals surface area contributed by atoms with Crippen LogP contribution in [-0.4, -0.2) is 30.6 Å². The molecule has 0 aliphatic heterocycles. The number of hydrogen-bond donors (Lipinski definition) is 1. The predicted molar refractivity (Wildman–Crippen MR) is 128 cm³/mol. The average Bonchev–Trinajstić information content (AvgIpc) is 3.23. The third kappa shape index (κ3) is 3.65. The molecule has 0 bridgehead atoms. The van der Waals surface area contributed by atoms with Crippen molar-refractivity contribution in [3.05, 3.63) is 101 Å². The Morgan fingerprint density at radius 3 is 2.25 bits per heavy atom. The van der Waals surface area contributed by atoms with Crippen LogP contribution in [0.2, 0.25) is 0 Å². The van der Waals surface area contributed by atoms with Crippen LogP contribution in [0.15, 0.2) is 94.9 Å². The monoisotopic (exact) mass is 440 g/mol. The first kappa shape index (κ1) is 20.0. The lowest BCUT2D eigenvalue weighted by Crippen LogP contribution is -2.24. The van der Waals surface area contributed by atoms with Crippen molar-refractivity contribution in [2.45, 2.75) is 11.6 Å². The molecule has 3 aromatic heterocycles. The Bertz CT molecular complexity index is 1420. The van der Waals surface area contributed by atoms with Gasteiger partial charge in [-0.15, -0.1) is 11.8 Å². The molecule has 32 heavy (non-hydrogen) atoms. The van der Waals surface area contributed by atoms with E-state index in [2.05, 4.69) is 10.3 Å². The number of benzene rings is 2. The number of thioether (sulfide) groups is 1. The summed E-state index contributed by atoms with van der Waals surface area (Å²) < 4.78 is 3.33. The minimum absolute atomic E-state index is 0.170. The molecular formula is C24H20N6OS. The van der Waals surface area contributed by atoms with Crippen molar-refractivity contribution in [1.29, 1.82) is 0 Å². The molecule has 1 N–H and O–H groups in total. The van der Waals surface area contributed by atoms with Crippen molar-refractivity contribution < 1.29 is 0 Å². The molecule has 0 saturated heterocycles. The van der Waals surface area contributed by atoms with Gasteiger partial charge in [-0.1, -0.05) is 42.5 Å². The molecule has 3 heterocycles. The number of fused-ring (bicyclic) bond motifs is 1. The molecular weight excluding hydrogens is 420 g/mol. The Kier molecular flexibility index (Phi) is 5.43. The molecule has 5 rings (SSSR count). The highest BCUT2D eigenvalue weighted by molar-refractivity contribution is 7.98. The lowest BCUT2D eigenvalue weighted by molar-refractivity contribution is 0.848. The van der Waals surface area contributed by atoms with Crippen LogP contribution in [0.4, 0.5) is 5.95 Å². The SMILES string of the molecule is CSc1nn(-c2ccccc2)c2nc(NCc3ccccn3)n(-c3ccccc3)c(=O)c12. The van der Waals surface area contributed by atoms with Gasteiger partial charge in [-0.25, -0.2) is 9.25 Å². The van der Waals surface area contributed by atoms with E-state index in [1.807, 2.05) is 85.1 Å². The van der Waals surface area contributed by atoms with Gasteiger partial charge in [0.2, 0.25) is 5.95 Å². The Balaban J connectivity index is 1.75. The Hall–Kier alpha value is -3.91. The van der Waals surface area contributed by atoms with E-state index in [1.165, 1.54) is 11.8 Å². The van der Waals surface area contributed by atoms with Crippen molar-refractivity contribution in [2.75, 3.05) is 11.6 Å². The highest BCUT2D eigenvalue weighted by Crippen LogP contribution is 2.26. The largest absolute Gasteiger partial charge is 0.350 e. The molecule has 0 atom stereocenters. The Labute approximate surface area is 188 Å². The van der Waals surface area contributed by atoms with E-state index in [1.54, 1.807) is 15.4 Å². The molecule has 0 amide bonds. The highest BCUT2D eigenvalue weighted by Gasteiger charge is 2.21.